The largest absolute Gasteiger partial charge is 0.356 e. The zero-order valence-electron chi connectivity index (χ0n) is 11.6. The standard InChI is InChI=1S/C12H23N3O3S/c1-12(2)7-10(12)11(16)14-8-9-3-5-15(6-4-9)19(13,17)18/h9-10H,3-8H2,1-2H3,(H,14,16)(H2,13,17,18)/t10-/m1/s1. The number of piperidine rings is 1. The Morgan fingerprint density at radius 2 is 1.89 bits per heavy atom. The molecule has 1 aliphatic carbocycles. The van der Waals surface area contributed by atoms with Crippen LogP contribution in [0.15, 0.2) is 0 Å². The third kappa shape index (κ3) is 3.67. The molecule has 0 spiro atoms. The van der Waals surface area contributed by atoms with Gasteiger partial charge in [0.15, 0.2) is 0 Å². The number of hydrogen-bond acceptors (Lipinski definition) is 3. The Morgan fingerprint density at radius 1 is 1.37 bits per heavy atom. The summed E-state index contributed by atoms with van der Waals surface area (Å²) < 4.78 is 23.6. The first-order chi connectivity index (χ1) is 8.70. The molecule has 1 aliphatic heterocycles. The van der Waals surface area contributed by atoms with E-state index >= 15 is 0 Å². The maximum Gasteiger partial charge on any atom is 0.276 e. The molecule has 2 aliphatic rings. The summed E-state index contributed by atoms with van der Waals surface area (Å²) in [5.41, 5.74) is 0.154. The Kier molecular flexibility index (Phi) is 3.90. The quantitative estimate of drug-likeness (QED) is 0.766. The maximum atomic E-state index is 11.8. The Balaban J connectivity index is 1.71. The van der Waals surface area contributed by atoms with Gasteiger partial charge in [0.2, 0.25) is 5.91 Å². The summed E-state index contributed by atoms with van der Waals surface area (Å²) in [6.07, 6.45) is 2.47. The first kappa shape index (κ1) is 14.7. The maximum absolute atomic E-state index is 11.8. The molecule has 1 amide bonds. The lowest BCUT2D eigenvalue weighted by Gasteiger charge is -2.29. The number of nitrogens with zero attached hydrogens (tertiary/aromatic N) is 1. The molecular formula is C12H23N3O3S. The Morgan fingerprint density at radius 3 is 2.32 bits per heavy atom. The van der Waals surface area contributed by atoms with Crippen molar-refractivity contribution in [3.8, 4) is 0 Å². The zero-order valence-corrected chi connectivity index (χ0v) is 12.4. The molecule has 6 nitrogen and oxygen atoms in total. The van der Waals surface area contributed by atoms with Crippen LogP contribution in [0.3, 0.4) is 0 Å². The molecule has 1 saturated carbocycles. The van der Waals surface area contributed by atoms with Gasteiger partial charge in [-0.3, -0.25) is 4.79 Å². The van der Waals surface area contributed by atoms with E-state index in [-0.39, 0.29) is 17.2 Å². The first-order valence-corrected chi connectivity index (χ1v) is 8.26. The number of carbonyl (C=O) groups is 1. The van der Waals surface area contributed by atoms with Crippen LogP contribution in [0, 0.1) is 17.3 Å². The lowest BCUT2D eigenvalue weighted by molar-refractivity contribution is -0.123. The highest BCUT2D eigenvalue weighted by Gasteiger charge is 2.50. The molecule has 0 unspecified atom stereocenters. The number of amides is 1. The van der Waals surface area contributed by atoms with Gasteiger partial charge < -0.3 is 5.32 Å². The first-order valence-electron chi connectivity index (χ1n) is 6.76. The van der Waals surface area contributed by atoms with Gasteiger partial charge in [0.05, 0.1) is 0 Å². The fourth-order valence-corrected chi connectivity index (χ4v) is 3.37. The molecule has 0 bridgehead atoms. The molecule has 0 radical (unpaired) electrons. The van der Waals surface area contributed by atoms with Gasteiger partial charge in [-0.2, -0.15) is 12.7 Å². The van der Waals surface area contributed by atoms with E-state index in [9.17, 15) is 13.2 Å². The predicted molar refractivity (Wildman–Crippen MR) is 72.3 cm³/mol. The summed E-state index contributed by atoms with van der Waals surface area (Å²) in [4.78, 5) is 11.8. The predicted octanol–water partition coefficient (Wildman–Crippen LogP) is 0.0642. The minimum atomic E-state index is -3.55. The summed E-state index contributed by atoms with van der Waals surface area (Å²) in [5.74, 6) is 0.639. The minimum absolute atomic E-state index is 0.138. The second-order valence-electron chi connectivity index (χ2n) is 6.38. The normalized spacial score (nSPS) is 28.1. The third-order valence-electron chi connectivity index (χ3n) is 4.33. The molecule has 0 aromatic carbocycles. The topological polar surface area (TPSA) is 92.5 Å². The summed E-state index contributed by atoms with van der Waals surface area (Å²) in [7, 11) is -3.55. The van der Waals surface area contributed by atoms with E-state index in [1.54, 1.807) is 0 Å². The van der Waals surface area contributed by atoms with Crippen molar-refractivity contribution in [3.05, 3.63) is 0 Å². The second-order valence-corrected chi connectivity index (χ2v) is 7.92. The second kappa shape index (κ2) is 5.03. The van der Waals surface area contributed by atoms with Crippen LogP contribution in [0.4, 0.5) is 0 Å². The smallest absolute Gasteiger partial charge is 0.276 e. The van der Waals surface area contributed by atoms with Gasteiger partial charge >= 0.3 is 0 Å². The van der Waals surface area contributed by atoms with Gasteiger partial charge in [-0.05, 0) is 30.6 Å². The van der Waals surface area contributed by atoms with Gasteiger partial charge in [0.25, 0.3) is 10.2 Å². The highest BCUT2D eigenvalue weighted by Crippen LogP contribution is 2.51. The molecule has 7 heteroatoms. The summed E-state index contributed by atoms with van der Waals surface area (Å²) >= 11 is 0. The molecule has 1 saturated heterocycles. The fourth-order valence-electron chi connectivity index (χ4n) is 2.65. The molecule has 1 atom stereocenters. The van der Waals surface area contributed by atoms with E-state index in [2.05, 4.69) is 19.2 Å². The number of carbonyl (C=O) groups excluding carboxylic acids is 1. The van der Waals surface area contributed by atoms with Crippen LogP contribution in [0.2, 0.25) is 0 Å². The van der Waals surface area contributed by atoms with Gasteiger partial charge in [0, 0.05) is 25.6 Å². The molecule has 1 heterocycles. The Hall–Kier alpha value is -0.660. The average Bonchev–Trinajstić information content (AvgIpc) is 2.95. The highest BCUT2D eigenvalue weighted by molar-refractivity contribution is 7.86. The van der Waals surface area contributed by atoms with Crippen LogP contribution in [-0.2, 0) is 15.0 Å². The highest BCUT2D eigenvalue weighted by atomic mass is 32.2. The fraction of sp³-hybridized carbons (Fsp3) is 0.917. The molecule has 19 heavy (non-hydrogen) atoms. The van der Waals surface area contributed by atoms with Crippen LogP contribution in [0.1, 0.15) is 33.1 Å². The van der Waals surface area contributed by atoms with E-state index in [1.807, 2.05) is 0 Å². The van der Waals surface area contributed by atoms with Crippen molar-refractivity contribution >= 4 is 16.1 Å². The summed E-state index contributed by atoms with van der Waals surface area (Å²) in [6.45, 7) is 5.75. The molecular weight excluding hydrogens is 266 g/mol. The summed E-state index contributed by atoms with van der Waals surface area (Å²) in [5, 5.41) is 8.07. The van der Waals surface area contributed by atoms with Crippen molar-refractivity contribution in [2.45, 2.75) is 33.1 Å². The van der Waals surface area contributed by atoms with Crippen molar-refractivity contribution in [3.63, 3.8) is 0 Å². The van der Waals surface area contributed by atoms with E-state index in [0.29, 0.717) is 25.6 Å². The van der Waals surface area contributed by atoms with Gasteiger partial charge in [-0.15, -0.1) is 0 Å². The average molecular weight is 289 g/mol. The number of nitrogens with two attached hydrogens (primary N) is 1. The van der Waals surface area contributed by atoms with Crippen molar-refractivity contribution < 1.29 is 13.2 Å². The number of hydrogen-bond donors (Lipinski definition) is 2. The molecule has 3 N–H and O–H groups in total. The molecule has 2 fully saturated rings. The monoisotopic (exact) mass is 289 g/mol. The number of rotatable bonds is 4. The van der Waals surface area contributed by atoms with Gasteiger partial charge in [-0.25, -0.2) is 5.14 Å². The van der Waals surface area contributed by atoms with Crippen LogP contribution >= 0.6 is 0 Å². The Labute approximate surface area is 114 Å². The van der Waals surface area contributed by atoms with Crippen LogP contribution < -0.4 is 10.5 Å². The van der Waals surface area contributed by atoms with E-state index in [1.165, 1.54) is 4.31 Å². The molecule has 110 valence electrons. The third-order valence-corrected chi connectivity index (χ3v) is 5.41. The van der Waals surface area contributed by atoms with Gasteiger partial charge in [-0.1, -0.05) is 13.8 Å². The van der Waals surface area contributed by atoms with E-state index < -0.39 is 10.2 Å². The Bertz CT molecular complexity index is 453. The number of nitrogens with one attached hydrogen (secondary N) is 1. The van der Waals surface area contributed by atoms with E-state index in [4.69, 9.17) is 5.14 Å². The lowest BCUT2D eigenvalue weighted by Crippen LogP contribution is -2.44. The summed E-state index contributed by atoms with van der Waals surface area (Å²) in [6, 6.07) is 0. The van der Waals surface area contributed by atoms with Gasteiger partial charge in [0.1, 0.15) is 0 Å². The molecule has 0 aromatic heterocycles. The lowest BCUT2D eigenvalue weighted by atomic mass is 9.98. The van der Waals surface area contributed by atoms with Crippen molar-refractivity contribution in [2.75, 3.05) is 19.6 Å². The van der Waals surface area contributed by atoms with Crippen LogP contribution in [0.5, 0.6) is 0 Å². The van der Waals surface area contributed by atoms with E-state index in [0.717, 1.165) is 19.3 Å². The van der Waals surface area contributed by atoms with Crippen molar-refractivity contribution in [1.82, 2.24) is 9.62 Å². The van der Waals surface area contributed by atoms with Crippen LogP contribution in [-0.4, -0.2) is 38.3 Å². The SMILES string of the molecule is CC1(C)C[C@@H]1C(=O)NCC1CCN(S(N)(=O)=O)CC1. The molecule has 0 aromatic rings. The zero-order chi connectivity index (χ0) is 14.3. The molecule has 2 rings (SSSR count). The van der Waals surface area contributed by atoms with Crippen molar-refractivity contribution in [1.29, 1.82) is 0 Å². The minimum Gasteiger partial charge on any atom is -0.356 e. The van der Waals surface area contributed by atoms with Crippen LogP contribution in [0.25, 0.3) is 0 Å². The van der Waals surface area contributed by atoms with Crippen molar-refractivity contribution in [2.24, 2.45) is 22.4 Å².